The van der Waals surface area contributed by atoms with Gasteiger partial charge in [0, 0.05) is 12.1 Å². The minimum absolute atomic E-state index is 0.123. The van der Waals surface area contributed by atoms with E-state index in [1.165, 1.54) is 39.2 Å². The molecule has 2 aliphatic rings. The van der Waals surface area contributed by atoms with Crippen LogP contribution in [0.25, 0.3) is 0 Å². The number of methoxy groups -OCH3 is 1. The van der Waals surface area contributed by atoms with Crippen molar-refractivity contribution in [2.75, 3.05) is 12.8 Å². The van der Waals surface area contributed by atoms with Crippen LogP contribution in [0.5, 0.6) is 5.75 Å². The molecular formula is C17H23ClN2O2. The summed E-state index contributed by atoms with van der Waals surface area (Å²) in [7, 11) is 1.53. The molecule has 3 rings (SSSR count). The van der Waals surface area contributed by atoms with E-state index in [9.17, 15) is 4.79 Å². The first-order chi connectivity index (χ1) is 10.6. The highest BCUT2D eigenvalue weighted by Gasteiger charge is 2.44. The van der Waals surface area contributed by atoms with Gasteiger partial charge in [0.05, 0.1) is 23.4 Å². The fourth-order valence-electron chi connectivity index (χ4n) is 3.63. The van der Waals surface area contributed by atoms with Crippen LogP contribution in [0.4, 0.5) is 5.69 Å². The predicted molar refractivity (Wildman–Crippen MR) is 88.4 cm³/mol. The average molecular weight is 323 g/mol. The molecule has 0 radical (unpaired) electrons. The maximum absolute atomic E-state index is 12.5. The van der Waals surface area contributed by atoms with Gasteiger partial charge in [-0.3, -0.25) is 4.79 Å². The predicted octanol–water partition coefficient (Wildman–Crippen LogP) is 3.63. The Labute approximate surface area is 136 Å². The molecule has 5 heteroatoms. The smallest absolute Gasteiger partial charge is 0.255 e. The highest BCUT2D eigenvalue weighted by atomic mass is 35.5. The number of halogens is 1. The Morgan fingerprint density at radius 3 is 2.73 bits per heavy atom. The molecule has 2 atom stereocenters. The molecule has 0 heterocycles. The Morgan fingerprint density at radius 2 is 2.05 bits per heavy atom. The number of hydrogen-bond donors (Lipinski definition) is 2. The molecule has 2 fully saturated rings. The number of nitrogens with two attached hydrogens (primary N) is 1. The Hall–Kier alpha value is -1.42. The van der Waals surface area contributed by atoms with Crippen molar-refractivity contribution >= 4 is 23.2 Å². The third kappa shape index (κ3) is 3.17. The second-order valence-corrected chi connectivity index (χ2v) is 6.86. The minimum atomic E-state index is -0.123. The van der Waals surface area contributed by atoms with E-state index in [0.717, 1.165) is 12.3 Å². The van der Waals surface area contributed by atoms with Gasteiger partial charge in [-0.2, -0.15) is 0 Å². The second kappa shape index (κ2) is 6.37. The SMILES string of the molecule is COc1cc(N)c(Cl)cc1C(=O)NC1CC1C1CCCCC1. The first-order valence-electron chi connectivity index (χ1n) is 8.04. The zero-order chi connectivity index (χ0) is 15.7. The van der Waals surface area contributed by atoms with Gasteiger partial charge in [0.1, 0.15) is 5.75 Å². The van der Waals surface area contributed by atoms with Gasteiger partial charge >= 0.3 is 0 Å². The molecule has 3 N–H and O–H groups in total. The normalized spacial score (nSPS) is 24.8. The third-order valence-corrected chi connectivity index (χ3v) is 5.30. The molecule has 120 valence electrons. The van der Waals surface area contributed by atoms with Gasteiger partial charge in [-0.1, -0.05) is 43.7 Å². The van der Waals surface area contributed by atoms with Gasteiger partial charge in [0.2, 0.25) is 0 Å². The summed E-state index contributed by atoms with van der Waals surface area (Å²) in [4.78, 5) is 12.5. The summed E-state index contributed by atoms with van der Waals surface area (Å²) in [5, 5.41) is 3.50. The summed E-state index contributed by atoms with van der Waals surface area (Å²) in [6, 6.07) is 3.49. The number of carbonyl (C=O) groups excluding carboxylic acids is 1. The number of benzene rings is 1. The Morgan fingerprint density at radius 1 is 1.32 bits per heavy atom. The van der Waals surface area contributed by atoms with Gasteiger partial charge in [-0.05, 0) is 24.3 Å². The van der Waals surface area contributed by atoms with Crippen LogP contribution in [0.1, 0.15) is 48.9 Å². The Kier molecular flexibility index (Phi) is 4.48. The molecule has 22 heavy (non-hydrogen) atoms. The van der Waals surface area contributed by atoms with E-state index in [2.05, 4.69) is 5.32 Å². The van der Waals surface area contributed by atoms with Crippen molar-refractivity contribution in [3.63, 3.8) is 0 Å². The maximum atomic E-state index is 12.5. The van der Waals surface area contributed by atoms with E-state index in [-0.39, 0.29) is 5.91 Å². The van der Waals surface area contributed by atoms with Gasteiger partial charge in [-0.25, -0.2) is 0 Å². The molecular weight excluding hydrogens is 300 g/mol. The van der Waals surface area contributed by atoms with Gasteiger partial charge in [-0.15, -0.1) is 0 Å². The maximum Gasteiger partial charge on any atom is 0.255 e. The largest absolute Gasteiger partial charge is 0.496 e. The highest BCUT2D eigenvalue weighted by Crippen LogP contribution is 2.44. The number of amides is 1. The number of nitrogen functional groups attached to an aromatic ring is 1. The average Bonchev–Trinajstić information content (AvgIpc) is 3.29. The Bertz CT molecular complexity index is 570. The molecule has 1 aromatic carbocycles. The molecule has 4 nitrogen and oxygen atoms in total. The van der Waals surface area contributed by atoms with E-state index in [0.29, 0.717) is 34.0 Å². The third-order valence-electron chi connectivity index (χ3n) is 4.98. The molecule has 1 amide bonds. The van der Waals surface area contributed by atoms with Gasteiger partial charge < -0.3 is 15.8 Å². The van der Waals surface area contributed by atoms with Crippen molar-refractivity contribution in [2.45, 2.75) is 44.6 Å². The monoisotopic (exact) mass is 322 g/mol. The molecule has 2 saturated carbocycles. The van der Waals surface area contributed by atoms with Crippen LogP contribution in [0.15, 0.2) is 12.1 Å². The van der Waals surface area contributed by atoms with Crippen LogP contribution in [-0.2, 0) is 0 Å². The van der Waals surface area contributed by atoms with Crippen LogP contribution < -0.4 is 15.8 Å². The quantitative estimate of drug-likeness (QED) is 0.832. The molecule has 0 bridgehead atoms. The number of anilines is 1. The fourth-order valence-corrected chi connectivity index (χ4v) is 3.79. The zero-order valence-corrected chi connectivity index (χ0v) is 13.7. The van der Waals surface area contributed by atoms with Crippen molar-refractivity contribution in [3.05, 3.63) is 22.7 Å². The second-order valence-electron chi connectivity index (χ2n) is 6.45. The summed E-state index contributed by atoms with van der Waals surface area (Å²) >= 11 is 6.03. The topological polar surface area (TPSA) is 64.3 Å². The number of hydrogen-bond acceptors (Lipinski definition) is 3. The van der Waals surface area contributed by atoms with Gasteiger partial charge in [0.25, 0.3) is 5.91 Å². The number of rotatable bonds is 4. The minimum Gasteiger partial charge on any atom is -0.496 e. The summed E-state index contributed by atoms with van der Waals surface area (Å²) in [5.74, 6) is 1.78. The van der Waals surface area contributed by atoms with Crippen LogP contribution >= 0.6 is 11.6 Å². The van der Waals surface area contributed by atoms with Crippen LogP contribution in [0.3, 0.4) is 0 Å². The van der Waals surface area contributed by atoms with Crippen molar-refractivity contribution < 1.29 is 9.53 Å². The number of carbonyl (C=O) groups is 1. The van der Waals surface area contributed by atoms with Crippen LogP contribution in [0.2, 0.25) is 5.02 Å². The first-order valence-corrected chi connectivity index (χ1v) is 8.42. The number of ether oxygens (including phenoxy) is 1. The van der Waals surface area contributed by atoms with Crippen molar-refractivity contribution in [1.82, 2.24) is 5.32 Å². The first kappa shape index (κ1) is 15.5. The molecule has 1 aromatic rings. The molecule has 0 saturated heterocycles. The van der Waals surface area contributed by atoms with E-state index in [4.69, 9.17) is 22.1 Å². The summed E-state index contributed by atoms with van der Waals surface area (Å²) < 4.78 is 5.25. The fraction of sp³-hybridized carbons (Fsp3) is 0.588. The van der Waals surface area contributed by atoms with E-state index in [1.807, 2.05) is 0 Å². The van der Waals surface area contributed by atoms with E-state index >= 15 is 0 Å². The number of nitrogens with one attached hydrogen (secondary N) is 1. The molecule has 2 aliphatic carbocycles. The van der Waals surface area contributed by atoms with E-state index in [1.54, 1.807) is 12.1 Å². The summed E-state index contributed by atoms with van der Waals surface area (Å²) in [5.41, 5.74) is 6.63. The van der Waals surface area contributed by atoms with Crippen molar-refractivity contribution in [2.24, 2.45) is 11.8 Å². The Balaban J connectivity index is 1.64. The van der Waals surface area contributed by atoms with Gasteiger partial charge in [0.15, 0.2) is 0 Å². The van der Waals surface area contributed by atoms with E-state index < -0.39 is 0 Å². The van der Waals surface area contributed by atoms with Crippen molar-refractivity contribution in [3.8, 4) is 5.75 Å². The summed E-state index contributed by atoms with van der Waals surface area (Å²) in [6.07, 6.45) is 7.76. The molecule has 0 aliphatic heterocycles. The molecule has 2 unspecified atom stereocenters. The highest BCUT2D eigenvalue weighted by molar-refractivity contribution is 6.33. The standard InChI is InChI=1S/C17H23ClN2O2/c1-22-16-9-14(19)13(18)7-12(16)17(21)20-15-8-11(15)10-5-3-2-4-6-10/h7,9-11,15H,2-6,8,19H2,1H3,(H,20,21). The van der Waals surface area contributed by atoms with Crippen LogP contribution in [-0.4, -0.2) is 19.1 Å². The molecule has 0 spiro atoms. The lowest BCUT2D eigenvalue weighted by Crippen LogP contribution is -2.28. The lowest BCUT2D eigenvalue weighted by atomic mass is 9.85. The summed E-state index contributed by atoms with van der Waals surface area (Å²) in [6.45, 7) is 0. The molecule has 0 aromatic heterocycles. The zero-order valence-electron chi connectivity index (χ0n) is 12.9. The van der Waals surface area contributed by atoms with Crippen molar-refractivity contribution in [1.29, 1.82) is 0 Å². The lowest BCUT2D eigenvalue weighted by Gasteiger charge is -2.21. The lowest BCUT2D eigenvalue weighted by molar-refractivity contribution is 0.0943. The van der Waals surface area contributed by atoms with Crippen LogP contribution in [0, 0.1) is 11.8 Å².